The van der Waals surface area contributed by atoms with Gasteiger partial charge in [0.25, 0.3) is 0 Å². The van der Waals surface area contributed by atoms with Crippen molar-refractivity contribution in [3.63, 3.8) is 0 Å². The van der Waals surface area contributed by atoms with Crippen molar-refractivity contribution < 1.29 is 4.74 Å². The Bertz CT molecular complexity index is 422. The SMILES string of the molecule is NCC1(Cc2ccccc2Br)CC2CCC1O2. The smallest absolute Gasteiger partial charge is 0.0652 e. The lowest BCUT2D eigenvalue weighted by Crippen LogP contribution is -2.41. The first kappa shape index (κ1) is 11.7. The third-order valence-electron chi connectivity index (χ3n) is 4.33. The van der Waals surface area contributed by atoms with Crippen molar-refractivity contribution in [2.75, 3.05) is 6.54 Å². The van der Waals surface area contributed by atoms with E-state index in [2.05, 4.69) is 40.2 Å². The highest BCUT2D eigenvalue weighted by molar-refractivity contribution is 9.10. The Balaban J connectivity index is 1.86. The van der Waals surface area contributed by atoms with E-state index >= 15 is 0 Å². The summed E-state index contributed by atoms with van der Waals surface area (Å²) in [5.41, 5.74) is 7.59. The van der Waals surface area contributed by atoms with Crippen LogP contribution in [0.5, 0.6) is 0 Å². The molecule has 2 nitrogen and oxygen atoms in total. The van der Waals surface area contributed by atoms with Gasteiger partial charge < -0.3 is 10.5 Å². The van der Waals surface area contributed by atoms with Gasteiger partial charge in [-0.1, -0.05) is 34.1 Å². The second-order valence-corrected chi connectivity index (χ2v) is 6.22. The number of hydrogen-bond acceptors (Lipinski definition) is 2. The summed E-state index contributed by atoms with van der Waals surface area (Å²) < 4.78 is 7.19. The molecule has 0 aliphatic carbocycles. The van der Waals surface area contributed by atoms with Gasteiger partial charge in [0.1, 0.15) is 0 Å². The molecule has 3 unspecified atom stereocenters. The highest BCUT2D eigenvalue weighted by Crippen LogP contribution is 2.49. The Hall–Kier alpha value is -0.380. The summed E-state index contributed by atoms with van der Waals surface area (Å²) in [5.74, 6) is 0. The Morgan fingerprint density at radius 1 is 1.35 bits per heavy atom. The lowest BCUT2D eigenvalue weighted by molar-refractivity contribution is 0.0636. The second kappa shape index (κ2) is 4.38. The lowest BCUT2D eigenvalue weighted by atomic mass is 9.70. The molecule has 2 bridgehead atoms. The summed E-state index contributed by atoms with van der Waals surface area (Å²) in [7, 11) is 0. The van der Waals surface area contributed by atoms with Crippen LogP contribution in [0.15, 0.2) is 28.7 Å². The van der Waals surface area contributed by atoms with Crippen LogP contribution in [0.2, 0.25) is 0 Å². The summed E-state index contributed by atoms with van der Waals surface area (Å²) in [6, 6.07) is 8.44. The molecule has 2 aliphatic rings. The molecule has 2 saturated heterocycles. The minimum atomic E-state index is 0.173. The van der Waals surface area contributed by atoms with Crippen molar-refractivity contribution in [1.29, 1.82) is 0 Å². The van der Waals surface area contributed by atoms with Crippen molar-refractivity contribution in [3.05, 3.63) is 34.3 Å². The van der Waals surface area contributed by atoms with Crippen molar-refractivity contribution in [2.24, 2.45) is 11.1 Å². The Kier molecular flexibility index (Phi) is 3.01. The summed E-state index contributed by atoms with van der Waals surface area (Å²) in [4.78, 5) is 0. The average Bonchev–Trinajstić information content (AvgIpc) is 2.93. The van der Waals surface area contributed by atoms with Crippen LogP contribution in [0.25, 0.3) is 0 Å². The van der Waals surface area contributed by atoms with Crippen molar-refractivity contribution in [1.82, 2.24) is 0 Å². The molecule has 0 amide bonds. The fourth-order valence-electron chi connectivity index (χ4n) is 3.39. The van der Waals surface area contributed by atoms with Crippen LogP contribution in [0.3, 0.4) is 0 Å². The van der Waals surface area contributed by atoms with E-state index in [0.717, 1.165) is 19.4 Å². The zero-order valence-electron chi connectivity index (χ0n) is 9.86. The molecule has 92 valence electrons. The van der Waals surface area contributed by atoms with E-state index in [9.17, 15) is 0 Å². The van der Waals surface area contributed by atoms with E-state index in [1.54, 1.807) is 0 Å². The van der Waals surface area contributed by atoms with E-state index in [4.69, 9.17) is 10.5 Å². The third kappa shape index (κ3) is 1.94. The number of nitrogens with two attached hydrogens (primary N) is 1. The van der Waals surface area contributed by atoms with Gasteiger partial charge in [0.15, 0.2) is 0 Å². The summed E-state index contributed by atoms with van der Waals surface area (Å²) in [6.07, 6.45) is 5.42. The molecule has 3 heteroatoms. The summed E-state index contributed by atoms with van der Waals surface area (Å²) in [5, 5.41) is 0. The van der Waals surface area contributed by atoms with Gasteiger partial charge in [-0.15, -0.1) is 0 Å². The Morgan fingerprint density at radius 2 is 2.18 bits per heavy atom. The predicted molar refractivity (Wildman–Crippen MR) is 71.8 cm³/mol. The number of fused-ring (bicyclic) bond motifs is 2. The molecule has 0 saturated carbocycles. The van der Waals surface area contributed by atoms with Gasteiger partial charge in [-0.25, -0.2) is 0 Å². The fraction of sp³-hybridized carbons (Fsp3) is 0.571. The molecular formula is C14H18BrNO. The van der Waals surface area contributed by atoms with E-state index in [1.807, 2.05) is 0 Å². The summed E-state index contributed by atoms with van der Waals surface area (Å²) >= 11 is 3.63. The van der Waals surface area contributed by atoms with Gasteiger partial charge >= 0.3 is 0 Å². The molecule has 0 radical (unpaired) electrons. The first-order chi connectivity index (χ1) is 8.23. The second-order valence-electron chi connectivity index (χ2n) is 5.36. The van der Waals surface area contributed by atoms with Crippen LogP contribution < -0.4 is 5.73 Å². The number of rotatable bonds is 3. The number of benzene rings is 1. The van der Waals surface area contributed by atoms with Gasteiger partial charge in [0, 0.05) is 16.4 Å². The molecule has 2 aliphatic heterocycles. The van der Waals surface area contributed by atoms with Gasteiger partial charge in [-0.2, -0.15) is 0 Å². The Morgan fingerprint density at radius 3 is 2.76 bits per heavy atom. The quantitative estimate of drug-likeness (QED) is 0.931. The number of ether oxygens (including phenoxy) is 1. The normalized spacial score (nSPS) is 35.4. The molecule has 17 heavy (non-hydrogen) atoms. The van der Waals surface area contributed by atoms with Gasteiger partial charge in [0.2, 0.25) is 0 Å². The minimum absolute atomic E-state index is 0.173. The monoisotopic (exact) mass is 295 g/mol. The highest BCUT2D eigenvalue weighted by atomic mass is 79.9. The zero-order valence-corrected chi connectivity index (χ0v) is 11.4. The predicted octanol–water partition coefficient (Wildman–Crippen LogP) is 2.89. The molecule has 2 fully saturated rings. The van der Waals surface area contributed by atoms with Gasteiger partial charge in [-0.3, -0.25) is 0 Å². The first-order valence-corrected chi connectivity index (χ1v) is 7.12. The zero-order chi connectivity index (χ0) is 11.9. The maximum atomic E-state index is 6.06. The molecular weight excluding hydrogens is 278 g/mol. The first-order valence-electron chi connectivity index (χ1n) is 6.32. The van der Waals surface area contributed by atoms with E-state index in [0.29, 0.717) is 12.2 Å². The van der Waals surface area contributed by atoms with Crippen LogP contribution in [0.1, 0.15) is 24.8 Å². The van der Waals surface area contributed by atoms with Crippen molar-refractivity contribution >= 4 is 15.9 Å². The topological polar surface area (TPSA) is 35.2 Å². The van der Waals surface area contributed by atoms with Crippen molar-refractivity contribution in [2.45, 2.75) is 37.9 Å². The minimum Gasteiger partial charge on any atom is -0.374 e. The number of halogens is 1. The Labute approximate surface area is 111 Å². The molecule has 0 spiro atoms. The largest absolute Gasteiger partial charge is 0.374 e. The molecule has 1 aromatic rings. The van der Waals surface area contributed by atoms with Gasteiger partial charge in [-0.05, 0) is 37.3 Å². The van der Waals surface area contributed by atoms with E-state index < -0.39 is 0 Å². The average molecular weight is 296 g/mol. The molecule has 2 N–H and O–H groups in total. The van der Waals surface area contributed by atoms with Crippen LogP contribution in [0.4, 0.5) is 0 Å². The van der Waals surface area contributed by atoms with E-state index in [1.165, 1.54) is 22.9 Å². The van der Waals surface area contributed by atoms with E-state index in [-0.39, 0.29) is 5.41 Å². The van der Waals surface area contributed by atoms with Crippen LogP contribution in [0, 0.1) is 5.41 Å². The molecule has 2 heterocycles. The molecule has 3 atom stereocenters. The maximum Gasteiger partial charge on any atom is 0.0652 e. The molecule has 3 rings (SSSR count). The van der Waals surface area contributed by atoms with Crippen LogP contribution in [-0.4, -0.2) is 18.8 Å². The lowest BCUT2D eigenvalue weighted by Gasteiger charge is -2.34. The highest BCUT2D eigenvalue weighted by Gasteiger charge is 2.51. The summed E-state index contributed by atoms with van der Waals surface area (Å²) in [6.45, 7) is 0.732. The van der Waals surface area contributed by atoms with Crippen LogP contribution in [-0.2, 0) is 11.2 Å². The van der Waals surface area contributed by atoms with Gasteiger partial charge in [0.05, 0.1) is 12.2 Å². The van der Waals surface area contributed by atoms with Crippen LogP contribution >= 0.6 is 15.9 Å². The number of hydrogen-bond donors (Lipinski definition) is 1. The molecule has 1 aromatic carbocycles. The standard InChI is InChI=1S/C14H18BrNO/c15-12-4-2-1-3-10(12)7-14(9-16)8-11-5-6-13(14)17-11/h1-4,11,13H,5-9,16H2. The van der Waals surface area contributed by atoms with Crippen molar-refractivity contribution in [3.8, 4) is 0 Å². The maximum absolute atomic E-state index is 6.06. The molecule has 0 aromatic heterocycles. The fourth-order valence-corrected chi connectivity index (χ4v) is 3.81. The third-order valence-corrected chi connectivity index (χ3v) is 5.11.